The molecule has 1 aromatic rings. The summed E-state index contributed by atoms with van der Waals surface area (Å²) in [5.74, 6) is -0.380. The molecule has 1 amide bonds. The van der Waals surface area contributed by atoms with Crippen LogP contribution in [0, 0.1) is 5.82 Å². The number of halogens is 1. The first-order valence-electron chi connectivity index (χ1n) is 6.15. The summed E-state index contributed by atoms with van der Waals surface area (Å²) in [5.41, 5.74) is -0.0632. The third kappa shape index (κ3) is 1.66. The van der Waals surface area contributed by atoms with Crippen molar-refractivity contribution in [3.05, 3.63) is 30.1 Å². The van der Waals surface area contributed by atoms with E-state index >= 15 is 0 Å². The van der Waals surface area contributed by atoms with E-state index < -0.39 is 6.09 Å². The number of hydrogen-bond donors (Lipinski definition) is 1. The highest BCUT2D eigenvalue weighted by Gasteiger charge is 2.49. The molecule has 2 fully saturated rings. The molecule has 2 heterocycles. The van der Waals surface area contributed by atoms with Crippen LogP contribution in [0.3, 0.4) is 0 Å². The number of ether oxygens (including phenoxy) is 1. The van der Waals surface area contributed by atoms with Crippen LogP contribution in [0.15, 0.2) is 24.3 Å². The van der Waals surface area contributed by atoms with E-state index in [0.717, 1.165) is 25.9 Å². The predicted molar refractivity (Wildman–Crippen MR) is 65.1 cm³/mol. The van der Waals surface area contributed by atoms with Crippen LogP contribution >= 0.6 is 0 Å². The molecule has 2 aliphatic heterocycles. The molecular weight excluding hydrogens is 235 g/mol. The van der Waals surface area contributed by atoms with Gasteiger partial charge in [-0.2, -0.15) is 0 Å². The summed E-state index contributed by atoms with van der Waals surface area (Å²) in [4.78, 5) is 13.4. The van der Waals surface area contributed by atoms with Crippen LogP contribution in [0.5, 0.6) is 0 Å². The van der Waals surface area contributed by atoms with Crippen molar-refractivity contribution in [3.63, 3.8) is 0 Å². The topological polar surface area (TPSA) is 41.6 Å². The Kier molecular flexibility index (Phi) is 2.70. The monoisotopic (exact) mass is 250 g/mol. The van der Waals surface area contributed by atoms with Crippen LogP contribution < -0.4 is 10.2 Å². The number of rotatable bonds is 1. The number of carbonyl (C=O) groups is 1. The number of carbonyl (C=O) groups excluding carboxylic acids is 1. The highest BCUT2D eigenvalue weighted by molar-refractivity contribution is 5.91. The third-order valence-electron chi connectivity index (χ3n) is 3.75. The molecule has 5 heteroatoms. The molecule has 0 aliphatic carbocycles. The van der Waals surface area contributed by atoms with Gasteiger partial charge in [-0.25, -0.2) is 9.18 Å². The summed E-state index contributed by atoms with van der Waals surface area (Å²) in [5, 5.41) is 3.25. The van der Waals surface area contributed by atoms with Crippen LogP contribution in [-0.2, 0) is 4.74 Å². The van der Waals surface area contributed by atoms with Crippen molar-refractivity contribution in [2.24, 2.45) is 0 Å². The van der Waals surface area contributed by atoms with Gasteiger partial charge in [-0.15, -0.1) is 0 Å². The van der Waals surface area contributed by atoms with E-state index in [9.17, 15) is 9.18 Å². The summed E-state index contributed by atoms with van der Waals surface area (Å²) in [6.45, 7) is 1.99. The van der Waals surface area contributed by atoms with E-state index in [4.69, 9.17) is 4.74 Å². The fourth-order valence-electron chi connectivity index (χ4n) is 2.77. The van der Waals surface area contributed by atoms with Gasteiger partial charge in [-0.1, -0.05) is 12.1 Å². The maximum Gasteiger partial charge on any atom is 0.415 e. The number of benzene rings is 1. The Hall–Kier alpha value is -1.62. The fourth-order valence-corrected chi connectivity index (χ4v) is 2.77. The standard InChI is InChI=1S/C13H15FN2O2/c14-10-3-1-2-4-11(10)16-12(17)18-9-13(16)5-7-15-8-6-13/h1-4,15H,5-9H2. The molecule has 2 aliphatic rings. The molecule has 0 aromatic heterocycles. The Morgan fingerprint density at radius 1 is 1.28 bits per heavy atom. The second-order valence-corrected chi connectivity index (χ2v) is 4.82. The fraction of sp³-hybridized carbons (Fsp3) is 0.462. The first-order chi connectivity index (χ1) is 8.73. The van der Waals surface area contributed by atoms with Gasteiger partial charge in [0.1, 0.15) is 12.4 Å². The lowest BCUT2D eigenvalue weighted by molar-refractivity contribution is 0.167. The van der Waals surface area contributed by atoms with Gasteiger partial charge in [0, 0.05) is 0 Å². The average molecular weight is 250 g/mol. The Bertz CT molecular complexity index is 472. The maximum atomic E-state index is 13.9. The quantitative estimate of drug-likeness (QED) is 0.827. The van der Waals surface area contributed by atoms with E-state index in [0.29, 0.717) is 12.3 Å². The van der Waals surface area contributed by atoms with Crippen LogP contribution in [0.25, 0.3) is 0 Å². The summed E-state index contributed by atoms with van der Waals surface area (Å²) in [6, 6.07) is 6.36. The molecule has 18 heavy (non-hydrogen) atoms. The van der Waals surface area contributed by atoms with Gasteiger partial charge in [-0.3, -0.25) is 4.90 Å². The first kappa shape index (κ1) is 11.5. The maximum absolute atomic E-state index is 13.9. The Balaban J connectivity index is 2.02. The van der Waals surface area contributed by atoms with Gasteiger partial charge in [0.15, 0.2) is 0 Å². The van der Waals surface area contributed by atoms with E-state index in [-0.39, 0.29) is 11.4 Å². The summed E-state index contributed by atoms with van der Waals surface area (Å²) in [6.07, 6.45) is 1.13. The lowest BCUT2D eigenvalue weighted by atomic mass is 9.88. The molecule has 0 bridgehead atoms. The van der Waals surface area contributed by atoms with Crippen molar-refractivity contribution in [1.29, 1.82) is 0 Å². The van der Waals surface area contributed by atoms with Gasteiger partial charge in [0.05, 0.1) is 11.2 Å². The average Bonchev–Trinajstić information content (AvgIpc) is 2.69. The van der Waals surface area contributed by atoms with Crippen molar-refractivity contribution in [2.45, 2.75) is 18.4 Å². The summed E-state index contributed by atoms with van der Waals surface area (Å²) >= 11 is 0. The van der Waals surface area contributed by atoms with E-state index in [1.54, 1.807) is 18.2 Å². The normalized spacial score (nSPS) is 22.3. The van der Waals surface area contributed by atoms with Gasteiger partial charge in [0.25, 0.3) is 0 Å². The second kappa shape index (κ2) is 4.24. The Morgan fingerprint density at radius 3 is 2.72 bits per heavy atom. The molecular formula is C13H15FN2O2. The van der Waals surface area contributed by atoms with Crippen molar-refractivity contribution in [2.75, 3.05) is 24.6 Å². The number of para-hydroxylation sites is 1. The number of anilines is 1. The van der Waals surface area contributed by atoms with Crippen molar-refractivity contribution in [3.8, 4) is 0 Å². The van der Waals surface area contributed by atoms with Gasteiger partial charge < -0.3 is 10.1 Å². The number of hydrogen-bond acceptors (Lipinski definition) is 3. The highest BCUT2D eigenvalue weighted by Crippen LogP contribution is 2.37. The largest absolute Gasteiger partial charge is 0.447 e. The van der Waals surface area contributed by atoms with Gasteiger partial charge >= 0.3 is 6.09 Å². The molecule has 1 N–H and O–H groups in total. The van der Waals surface area contributed by atoms with Crippen molar-refractivity contribution < 1.29 is 13.9 Å². The van der Waals surface area contributed by atoms with Crippen LogP contribution in [0.1, 0.15) is 12.8 Å². The molecule has 1 spiro atoms. The zero-order chi connectivity index (χ0) is 12.6. The Morgan fingerprint density at radius 2 is 2.00 bits per heavy atom. The number of nitrogens with zero attached hydrogens (tertiary/aromatic N) is 1. The van der Waals surface area contributed by atoms with Crippen LogP contribution in [0.4, 0.5) is 14.9 Å². The van der Waals surface area contributed by atoms with E-state index in [1.165, 1.54) is 11.0 Å². The second-order valence-electron chi connectivity index (χ2n) is 4.82. The SMILES string of the molecule is O=C1OCC2(CCNCC2)N1c1ccccc1F. The van der Waals surface area contributed by atoms with Crippen LogP contribution in [-0.4, -0.2) is 31.3 Å². The number of amides is 1. The molecule has 0 unspecified atom stereocenters. The lowest BCUT2D eigenvalue weighted by Crippen LogP contribution is -2.54. The minimum atomic E-state index is -0.443. The van der Waals surface area contributed by atoms with Crippen LogP contribution in [0.2, 0.25) is 0 Å². The first-order valence-corrected chi connectivity index (χ1v) is 6.15. The molecule has 4 nitrogen and oxygen atoms in total. The van der Waals surface area contributed by atoms with Crippen molar-refractivity contribution in [1.82, 2.24) is 5.32 Å². The zero-order valence-corrected chi connectivity index (χ0v) is 9.99. The van der Waals surface area contributed by atoms with Gasteiger partial charge in [0.2, 0.25) is 0 Å². The predicted octanol–water partition coefficient (Wildman–Crippen LogP) is 1.90. The minimum absolute atomic E-state index is 0.321. The molecule has 0 saturated carbocycles. The minimum Gasteiger partial charge on any atom is -0.447 e. The lowest BCUT2D eigenvalue weighted by Gasteiger charge is -2.38. The third-order valence-corrected chi connectivity index (χ3v) is 3.75. The van der Waals surface area contributed by atoms with E-state index in [2.05, 4.69) is 5.32 Å². The number of piperidine rings is 1. The van der Waals surface area contributed by atoms with Crippen molar-refractivity contribution >= 4 is 11.8 Å². The summed E-state index contributed by atoms with van der Waals surface area (Å²) < 4.78 is 19.0. The molecule has 3 rings (SSSR count). The van der Waals surface area contributed by atoms with Gasteiger partial charge in [-0.05, 0) is 38.1 Å². The molecule has 96 valence electrons. The molecule has 0 atom stereocenters. The summed E-state index contributed by atoms with van der Waals surface area (Å²) in [7, 11) is 0. The molecule has 0 radical (unpaired) electrons. The number of cyclic esters (lactones) is 1. The zero-order valence-electron chi connectivity index (χ0n) is 9.99. The highest BCUT2D eigenvalue weighted by atomic mass is 19.1. The van der Waals surface area contributed by atoms with E-state index in [1.807, 2.05) is 0 Å². The smallest absolute Gasteiger partial charge is 0.415 e. The molecule has 1 aromatic carbocycles. The Labute approximate surface area is 105 Å². The number of nitrogens with one attached hydrogen (secondary N) is 1. The molecule has 2 saturated heterocycles.